The van der Waals surface area contributed by atoms with Gasteiger partial charge in [0, 0.05) is 6.54 Å². The average molecular weight is 471 g/mol. The summed E-state index contributed by atoms with van der Waals surface area (Å²) in [4.78, 5) is 0. The van der Waals surface area contributed by atoms with E-state index in [1.165, 1.54) is 0 Å². The summed E-state index contributed by atoms with van der Waals surface area (Å²) >= 11 is 1.83. The predicted molar refractivity (Wildman–Crippen MR) is 103 cm³/mol. The second kappa shape index (κ2) is 11.2. The molecule has 0 spiro atoms. The van der Waals surface area contributed by atoms with Crippen LogP contribution in [0, 0.1) is 0 Å². The van der Waals surface area contributed by atoms with Crippen molar-refractivity contribution in [3.05, 3.63) is 29.8 Å². The molecule has 0 aliphatic heterocycles. The molecule has 0 bridgehead atoms. The van der Waals surface area contributed by atoms with E-state index in [9.17, 15) is 8.42 Å². The van der Waals surface area contributed by atoms with Crippen LogP contribution < -0.4 is 9.46 Å². The fraction of sp³-hybridized carbons (Fsp3) is 0.625. The quantitative estimate of drug-likeness (QED) is 0.375. The number of hydrogen-bond acceptors (Lipinski definition) is 5. The van der Waals surface area contributed by atoms with E-state index in [4.69, 9.17) is 12.5 Å². The highest BCUT2D eigenvalue weighted by Crippen LogP contribution is 2.19. The van der Waals surface area contributed by atoms with Crippen LogP contribution in [0.5, 0.6) is 5.75 Å². The maximum atomic E-state index is 11.8. The van der Waals surface area contributed by atoms with Crippen molar-refractivity contribution in [3.63, 3.8) is 0 Å². The predicted octanol–water partition coefficient (Wildman–Crippen LogP) is 2.88. The van der Waals surface area contributed by atoms with Crippen LogP contribution in [0.2, 0.25) is 0 Å². The highest BCUT2D eigenvalue weighted by atomic mass is 127. The highest BCUT2D eigenvalue weighted by Gasteiger charge is 2.16. The Morgan fingerprint density at radius 2 is 1.67 bits per heavy atom. The van der Waals surface area contributed by atoms with Gasteiger partial charge in [-0.05, 0) is 37.5 Å². The molecule has 0 fully saturated rings. The van der Waals surface area contributed by atoms with E-state index in [-0.39, 0.29) is 5.92 Å². The van der Waals surface area contributed by atoms with E-state index < -0.39 is 15.3 Å². The number of ether oxygens (including phenoxy) is 2. The van der Waals surface area contributed by atoms with Gasteiger partial charge in [0.15, 0.2) is 0 Å². The number of nitrogens with one attached hydrogen (secondary N) is 1. The van der Waals surface area contributed by atoms with Crippen LogP contribution in [0.4, 0.5) is 0 Å². The lowest BCUT2D eigenvalue weighted by atomic mass is 10.0. The summed E-state index contributed by atoms with van der Waals surface area (Å²) in [6.07, 6.45) is 0. The molecule has 1 aromatic rings. The van der Waals surface area contributed by atoms with Crippen LogP contribution in [0.15, 0.2) is 24.3 Å². The number of sulfonamides is 1. The van der Waals surface area contributed by atoms with Gasteiger partial charge in [-0.15, -0.1) is 0 Å². The van der Waals surface area contributed by atoms with Crippen LogP contribution in [-0.2, 0) is 17.8 Å². The molecule has 8 heteroatoms. The Hall–Kier alpha value is -0.420. The molecule has 24 heavy (non-hydrogen) atoms. The zero-order chi connectivity index (χ0) is 18.0. The van der Waals surface area contributed by atoms with Gasteiger partial charge in [-0.25, -0.2) is 13.1 Å². The summed E-state index contributed by atoms with van der Waals surface area (Å²) in [5, 5.41) is -0.425. The molecule has 1 unspecified atom stereocenters. The Morgan fingerprint density at radius 3 is 2.25 bits per heavy atom. The van der Waals surface area contributed by atoms with Crippen LogP contribution in [0.25, 0.3) is 0 Å². The summed E-state index contributed by atoms with van der Waals surface area (Å²) in [7, 11) is -3.23. The molecular formula is C16H26INO5S. The van der Waals surface area contributed by atoms with Crippen molar-refractivity contribution in [2.75, 3.05) is 33.0 Å². The van der Waals surface area contributed by atoms with Crippen molar-refractivity contribution in [2.45, 2.75) is 31.9 Å². The highest BCUT2D eigenvalue weighted by molar-refractivity contribution is 14.1. The van der Waals surface area contributed by atoms with Crippen molar-refractivity contribution in [2.24, 2.45) is 0 Å². The second-order valence-corrected chi connectivity index (χ2v) is 8.63. The Kier molecular flexibility index (Phi) is 10.1. The van der Waals surface area contributed by atoms with Crippen LogP contribution >= 0.6 is 23.0 Å². The topological polar surface area (TPSA) is 73.9 Å². The third kappa shape index (κ3) is 8.11. The van der Waals surface area contributed by atoms with E-state index in [1.54, 1.807) is 13.8 Å². The van der Waals surface area contributed by atoms with Crippen LogP contribution in [-0.4, -0.2) is 46.6 Å². The number of halogens is 1. The smallest absolute Gasteiger partial charge is 0.213 e. The first kappa shape index (κ1) is 21.6. The van der Waals surface area contributed by atoms with Gasteiger partial charge in [0.25, 0.3) is 0 Å². The fourth-order valence-corrected chi connectivity index (χ4v) is 2.82. The zero-order valence-corrected chi connectivity index (χ0v) is 17.3. The van der Waals surface area contributed by atoms with Crippen LogP contribution in [0.3, 0.4) is 0 Å². The SMILES string of the molecule is CC(CNS(=O)(=O)C(C)C)c1ccc(OCCOCCOI)cc1. The summed E-state index contributed by atoms with van der Waals surface area (Å²) < 4.78 is 42.0. The largest absolute Gasteiger partial charge is 0.491 e. The lowest BCUT2D eigenvalue weighted by molar-refractivity contribution is 0.0854. The van der Waals surface area contributed by atoms with Crippen molar-refractivity contribution in [1.82, 2.24) is 4.72 Å². The van der Waals surface area contributed by atoms with E-state index in [1.807, 2.05) is 54.2 Å². The molecule has 138 valence electrons. The average Bonchev–Trinajstić information content (AvgIpc) is 2.56. The normalized spacial score (nSPS) is 13.2. The first-order valence-corrected chi connectivity index (χ1v) is 10.3. The molecule has 0 saturated heterocycles. The van der Waals surface area contributed by atoms with Crippen molar-refractivity contribution < 1.29 is 21.0 Å². The van der Waals surface area contributed by atoms with E-state index in [0.29, 0.717) is 33.0 Å². The van der Waals surface area contributed by atoms with Gasteiger partial charge >= 0.3 is 0 Å². The molecule has 0 saturated carbocycles. The summed E-state index contributed by atoms with van der Waals surface area (Å²) in [5.74, 6) is 0.853. The van der Waals surface area contributed by atoms with Gasteiger partial charge < -0.3 is 12.5 Å². The molecule has 0 aromatic heterocycles. The maximum absolute atomic E-state index is 11.8. The Labute approximate surface area is 159 Å². The molecule has 1 aromatic carbocycles. The standard InChI is InChI=1S/C16H26INO5S/c1-13(2)24(19,20)18-12-14(3)15-4-6-16(7-5-15)22-10-8-21-9-11-23-17/h4-7,13-14,18H,8-12H2,1-3H3. The lowest BCUT2D eigenvalue weighted by Crippen LogP contribution is -2.33. The summed E-state index contributed by atoms with van der Waals surface area (Å²) in [5.41, 5.74) is 1.06. The molecule has 6 nitrogen and oxygen atoms in total. The van der Waals surface area contributed by atoms with E-state index >= 15 is 0 Å². The third-order valence-electron chi connectivity index (χ3n) is 3.46. The Morgan fingerprint density at radius 1 is 1.04 bits per heavy atom. The molecule has 0 aliphatic rings. The first-order chi connectivity index (χ1) is 11.4. The minimum absolute atomic E-state index is 0.0872. The molecular weight excluding hydrogens is 445 g/mol. The van der Waals surface area contributed by atoms with E-state index in [0.717, 1.165) is 11.3 Å². The Balaban J connectivity index is 2.38. The number of benzene rings is 1. The van der Waals surface area contributed by atoms with Crippen molar-refractivity contribution in [3.8, 4) is 5.75 Å². The minimum Gasteiger partial charge on any atom is -0.491 e. The summed E-state index contributed by atoms with van der Waals surface area (Å²) in [6, 6.07) is 7.68. The van der Waals surface area contributed by atoms with Crippen molar-refractivity contribution in [1.29, 1.82) is 0 Å². The van der Waals surface area contributed by atoms with Gasteiger partial charge in [0.2, 0.25) is 10.0 Å². The van der Waals surface area contributed by atoms with Gasteiger partial charge in [-0.2, -0.15) is 0 Å². The molecule has 1 N–H and O–H groups in total. The molecule has 1 rings (SSSR count). The van der Waals surface area contributed by atoms with Gasteiger partial charge in [0.1, 0.15) is 35.4 Å². The second-order valence-electron chi connectivity index (χ2n) is 5.69. The monoisotopic (exact) mass is 471 g/mol. The molecule has 0 amide bonds. The van der Waals surface area contributed by atoms with Gasteiger partial charge in [-0.1, -0.05) is 19.1 Å². The number of hydrogen-bond donors (Lipinski definition) is 1. The molecule has 0 radical (unpaired) electrons. The minimum atomic E-state index is -3.23. The molecule has 0 heterocycles. The fourth-order valence-electron chi connectivity index (χ4n) is 1.83. The molecule has 0 aliphatic carbocycles. The van der Waals surface area contributed by atoms with E-state index in [2.05, 4.69) is 4.72 Å². The zero-order valence-electron chi connectivity index (χ0n) is 14.3. The summed E-state index contributed by atoms with van der Waals surface area (Å²) in [6.45, 7) is 7.80. The van der Waals surface area contributed by atoms with Crippen molar-refractivity contribution >= 4 is 33.0 Å². The van der Waals surface area contributed by atoms with Gasteiger partial charge in [0.05, 0.1) is 25.1 Å². The lowest BCUT2D eigenvalue weighted by Gasteiger charge is -2.15. The Bertz CT molecular complexity index is 562. The van der Waals surface area contributed by atoms with Crippen LogP contribution in [0.1, 0.15) is 32.3 Å². The molecule has 1 atom stereocenters. The maximum Gasteiger partial charge on any atom is 0.213 e. The van der Waals surface area contributed by atoms with Gasteiger partial charge in [-0.3, -0.25) is 0 Å². The third-order valence-corrected chi connectivity index (χ3v) is 5.71. The number of rotatable bonds is 12. The first-order valence-electron chi connectivity index (χ1n) is 7.89.